The van der Waals surface area contributed by atoms with Crippen molar-refractivity contribution in [3.63, 3.8) is 0 Å². The van der Waals surface area contributed by atoms with Crippen LogP contribution in [-0.2, 0) is 0 Å². The number of rotatable bonds is 6. The number of halogens is 1. The number of thiophene rings is 1. The highest BCUT2D eigenvalue weighted by atomic mass is 35.5. The van der Waals surface area contributed by atoms with E-state index in [0.717, 1.165) is 27.0 Å². The summed E-state index contributed by atoms with van der Waals surface area (Å²) in [6.45, 7) is 1.99. The zero-order valence-electron chi connectivity index (χ0n) is 19.2. The van der Waals surface area contributed by atoms with Crippen LogP contribution < -0.4 is 15.4 Å². The van der Waals surface area contributed by atoms with Crippen LogP contribution in [0, 0.1) is 6.92 Å². The van der Waals surface area contributed by atoms with Gasteiger partial charge in [-0.3, -0.25) is 14.9 Å². The van der Waals surface area contributed by atoms with Gasteiger partial charge in [-0.1, -0.05) is 41.1 Å². The third kappa shape index (κ3) is 4.94. The molecule has 2 N–H and O–H groups in total. The van der Waals surface area contributed by atoms with E-state index in [4.69, 9.17) is 16.3 Å². The van der Waals surface area contributed by atoms with Crippen LogP contribution in [0.4, 0.5) is 10.8 Å². The standard InChI is InChI=1S/C26H19ClN4O3S2/c1-14-6-11-19-20(12-14)35-22(21(19)27)24(33)28-17-5-3-4-16(13-17)23(32)29-26-31-30-25(36-26)15-7-9-18(34-2)10-8-15/h3-13H,1-2H3,(H,28,33)(H,29,31,32). The number of carbonyl (C=O) groups is 2. The minimum absolute atomic E-state index is 0.329. The number of hydrogen-bond donors (Lipinski definition) is 2. The number of nitrogens with one attached hydrogen (secondary N) is 2. The third-order valence-electron chi connectivity index (χ3n) is 5.36. The summed E-state index contributed by atoms with van der Waals surface area (Å²) in [5.74, 6) is 0.0528. The van der Waals surface area contributed by atoms with Crippen molar-refractivity contribution < 1.29 is 14.3 Å². The number of aryl methyl sites for hydroxylation is 1. The van der Waals surface area contributed by atoms with Gasteiger partial charge in [-0.25, -0.2) is 0 Å². The topological polar surface area (TPSA) is 93.2 Å². The Labute approximate surface area is 219 Å². The molecule has 2 heterocycles. The van der Waals surface area contributed by atoms with E-state index in [1.54, 1.807) is 31.4 Å². The summed E-state index contributed by atoms with van der Waals surface area (Å²) in [6.07, 6.45) is 0. The van der Waals surface area contributed by atoms with Crippen LogP contribution in [0.15, 0.2) is 66.7 Å². The van der Waals surface area contributed by atoms with Crippen molar-refractivity contribution >= 4 is 67.0 Å². The Hall–Kier alpha value is -3.79. The molecule has 0 bridgehead atoms. The Morgan fingerprint density at radius 2 is 1.72 bits per heavy atom. The van der Waals surface area contributed by atoms with Crippen molar-refractivity contribution in [2.45, 2.75) is 6.92 Å². The first kappa shape index (κ1) is 23.9. The van der Waals surface area contributed by atoms with Crippen LogP contribution >= 0.6 is 34.3 Å². The van der Waals surface area contributed by atoms with Crippen molar-refractivity contribution in [1.82, 2.24) is 10.2 Å². The second-order valence-electron chi connectivity index (χ2n) is 7.87. The number of benzene rings is 3. The average Bonchev–Trinajstić information content (AvgIpc) is 3.48. The second kappa shape index (κ2) is 10.1. The molecule has 180 valence electrons. The number of hydrogen-bond acceptors (Lipinski definition) is 7. The summed E-state index contributed by atoms with van der Waals surface area (Å²) in [6, 6.07) is 20.0. The maximum atomic E-state index is 12.9. The Morgan fingerprint density at radius 3 is 2.50 bits per heavy atom. The van der Waals surface area contributed by atoms with Gasteiger partial charge in [0.2, 0.25) is 5.13 Å². The van der Waals surface area contributed by atoms with Crippen LogP contribution in [0.25, 0.3) is 20.7 Å². The van der Waals surface area contributed by atoms with E-state index >= 15 is 0 Å². The van der Waals surface area contributed by atoms with Crippen molar-refractivity contribution in [3.8, 4) is 16.3 Å². The molecule has 0 aliphatic heterocycles. The molecule has 7 nitrogen and oxygen atoms in total. The number of ether oxygens (including phenoxy) is 1. The van der Waals surface area contributed by atoms with E-state index < -0.39 is 0 Å². The van der Waals surface area contributed by atoms with Gasteiger partial charge in [-0.05, 0) is 61.0 Å². The quantitative estimate of drug-likeness (QED) is 0.247. The Morgan fingerprint density at radius 1 is 0.917 bits per heavy atom. The average molecular weight is 535 g/mol. The van der Waals surface area contributed by atoms with E-state index in [9.17, 15) is 9.59 Å². The molecular formula is C26H19ClN4O3S2. The molecule has 10 heteroatoms. The predicted octanol–water partition coefficient (Wildman–Crippen LogP) is 6.89. The van der Waals surface area contributed by atoms with Gasteiger partial charge < -0.3 is 10.1 Å². The first-order chi connectivity index (χ1) is 17.4. The minimum atomic E-state index is -0.362. The summed E-state index contributed by atoms with van der Waals surface area (Å²) in [5.41, 5.74) is 2.81. The van der Waals surface area contributed by atoms with E-state index in [0.29, 0.717) is 31.3 Å². The number of anilines is 2. The van der Waals surface area contributed by atoms with Crippen molar-refractivity contribution in [2.24, 2.45) is 0 Å². The maximum absolute atomic E-state index is 12.9. The summed E-state index contributed by atoms with van der Waals surface area (Å²) in [4.78, 5) is 26.2. The number of amides is 2. The molecule has 0 aliphatic rings. The Bertz CT molecular complexity index is 1590. The largest absolute Gasteiger partial charge is 0.497 e. The van der Waals surface area contributed by atoms with Crippen molar-refractivity contribution in [2.75, 3.05) is 17.7 Å². The van der Waals surface area contributed by atoms with E-state index in [1.807, 2.05) is 49.4 Å². The zero-order chi connectivity index (χ0) is 25.2. The normalized spacial score (nSPS) is 10.9. The van der Waals surface area contributed by atoms with Crippen LogP contribution in [-0.4, -0.2) is 29.1 Å². The summed E-state index contributed by atoms with van der Waals surface area (Å²) >= 11 is 9.07. The van der Waals surface area contributed by atoms with Gasteiger partial charge in [-0.15, -0.1) is 21.5 Å². The summed E-state index contributed by atoms with van der Waals surface area (Å²) < 4.78 is 6.12. The summed E-state index contributed by atoms with van der Waals surface area (Å²) in [7, 11) is 1.61. The van der Waals surface area contributed by atoms with E-state index in [2.05, 4.69) is 20.8 Å². The molecule has 2 aromatic heterocycles. The fraction of sp³-hybridized carbons (Fsp3) is 0.0769. The van der Waals surface area contributed by atoms with Crippen LogP contribution in [0.5, 0.6) is 5.75 Å². The molecule has 2 amide bonds. The van der Waals surface area contributed by atoms with E-state index in [1.165, 1.54) is 22.7 Å². The lowest BCUT2D eigenvalue weighted by atomic mass is 10.2. The highest BCUT2D eigenvalue weighted by Crippen LogP contribution is 2.36. The molecule has 0 fully saturated rings. The lowest BCUT2D eigenvalue weighted by Crippen LogP contribution is -2.14. The number of aromatic nitrogens is 2. The zero-order valence-corrected chi connectivity index (χ0v) is 21.6. The molecule has 0 aliphatic carbocycles. The third-order valence-corrected chi connectivity index (χ3v) is 7.90. The van der Waals surface area contributed by atoms with E-state index in [-0.39, 0.29) is 11.8 Å². The fourth-order valence-electron chi connectivity index (χ4n) is 3.54. The lowest BCUT2D eigenvalue weighted by Gasteiger charge is -2.07. The molecule has 0 spiro atoms. The van der Waals surface area contributed by atoms with Crippen molar-refractivity contribution in [3.05, 3.63) is 87.8 Å². The van der Waals surface area contributed by atoms with Gasteiger partial charge in [0, 0.05) is 26.9 Å². The molecule has 3 aromatic carbocycles. The van der Waals surface area contributed by atoms with Crippen LogP contribution in [0.1, 0.15) is 25.6 Å². The molecule has 0 radical (unpaired) electrons. The lowest BCUT2D eigenvalue weighted by molar-refractivity contribution is 0.101. The van der Waals surface area contributed by atoms with Gasteiger partial charge >= 0.3 is 0 Å². The van der Waals surface area contributed by atoms with Crippen LogP contribution in [0.2, 0.25) is 5.02 Å². The highest BCUT2D eigenvalue weighted by Gasteiger charge is 2.18. The number of carbonyl (C=O) groups excluding carboxylic acids is 2. The molecule has 0 saturated carbocycles. The molecule has 5 aromatic rings. The first-order valence-electron chi connectivity index (χ1n) is 10.8. The molecule has 36 heavy (non-hydrogen) atoms. The summed E-state index contributed by atoms with van der Waals surface area (Å²) in [5, 5.41) is 16.1. The first-order valence-corrected chi connectivity index (χ1v) is 12.8. The van der Waals surface area contributed by atoms with Crippen molar-refractivity contribution in [1.29, 1.82) is 0 Å². The maximum Gasteiger partial charge on any atom is 0.267 e. The fourth-order valence-corrected chi connectivity index (χ4v) is 5.79. The number of fused-ring (bicyclic) bond motifs is 1. The predicted molar refractivity (Wildman–Crippen MR) is 146 cm³/mol. The Balaban J connectivity index is 1.29. The Kier molecular flexibility index (Phi) is 6.69. The van der Waals surface area contributed by atoms with Gasteiger partial charge in [0.05, 0.1) is 12.1 Å². The number of nitrogens with zero attached hydrogens (tertiary/aromatic N) is 2. The van der Waals surface area contributed by atoms with Crippen LogP contribution in [0.3, 0.4) is 0 Å². The van der Waals surface area contributed by atoms with Gasteiger partial charge in [-0.2, -0.15) is 0 Å². The van der Waals surface area contributed by atoms with Gasteiger partial charge in [0.1, 0.15) is 15.6 Å². The van der Waals surface area contributed by atoms with Gasteiger partial charge in [0.25, 0.3) is 11.8 Å². The molecule has 0 atom stereocenters. The SMILES string of the molecule is COc1ccc(-c2nnc(NC(=O)c3cccc(NC(=O)c4sc5cc(C)ccc5c4Cl)c3)s2)cc1. The molecule has 0 unspecified atom stereocenters. The highest BCUT2D eigenvalue weighted by molar-refractivity contribution is 7.21. The van der Waals surface area contributed by atoms with Gasteiger partial charge in [0.15, 0.2) is 0 Å². The molecular weight excluding hydrogens is 516 g/mol. The second-order valence-corrected chi connectivity index (χ2v) is 10.3. The smallest absolute Gasteiger partial charge is 0.267 e. The minimum Gasteiger partial charge on any atom is -0.497 e. The molecule has 0 saturated heterocycles. The number of methoxy groups -OCH3 is 1. The molecule has 5 rings (SSSR count). The monoisotopic (exact) mass is 534 g/mol.